The van der Waals surface area contributed by atoms with Crippen LogP contribution < -0.4 is 9.79 Å². The number of rotatable bonds is 2. The second-order valence-corrected chi connectivity index (χ2v) is 3.79. The molecule has 0 aliphatic heterocycles. The van der Waals surface area contributed by atoms with Crippen LogP contribution >= 0.6 is 7.60 Å². The summed E-state index contributed by atoms with van der Waals surface area (Å²) in [5.41, 5.74) is 0.542. The van der Waals surface area contributed by atoms with Crippen molar-refractivity contribution >= 4 is 7.60 Å². The summed E-state index contributed by atoms with van der Waals surface area (Å²) >= 11 is 0. The maximum atomic E-state index is 10.3. The van der Waals surface area contributed by atoms with E-state index in [1.807, 2.05) is 0 Å². The van der Waals surface area contributed by atoms with E-state index < -0.39 is 13.8 Å². The minimum absolute atomic E-state index is 0. The summed E-state index contributed by atoms with van der Waals surface area (Å²) in [5, 5.41) is 0. The Bertz CT molecular complexity index is 269. The number of benzene rings is 1. The Morgan fingerprint density at radius 1 is 1.17 bits per heavy atom. The van der Waals surface area contributed by atoms with E-state index in [9.17, 15) is 14.4 Å². The summed E-state index contributed by atoms with van der Waals surface area (Å²) in [6.45, 7) is 0. The van der Waals surface area contributed by atoms with E-state index in [-0.39, 0.29) is 27.3 Å². The van der Waals surface area contributed by atoms with E-state index >= 15 is 0 Å². The molecule has 12 heavy (non-hydrogen) atoms. The largest absolute Gasteiger partial charge is 2.00 e. The van der Waals surface area contributed by atoms with Crippen LogP contribution in [-0.2, 0) is 38.0 Å². The third-order valence-electron chi connectivity index (χ3n) is 1.22. The first-order valence-corrected chi connectivity index (χ1v) is 4.86. The van der Waals surface area contributed by atoms with Crippen molar-refractivity contribution in [3.8, 4) is 0 Å². The first-order valence-electron chi connectivity index (χ1n) is 3.13. The predicted molar refractivity (Wildman–Crippen MR) is 37.8 cm³/mol. The van der Waals surface area contributed by atoms with Crippen molar-refractivity contribution in [2.24, 2.45) is 0 Å². The molecule has 0 fully saturated rings. The van der Waals surface area contributed by atoms with Crippen LogP contribution in [0.15, 0.2) is 30.3 Å². The zero-order valence-electron chi connectivity index (χ0n) is 6.47. The SMILES string of the molecule is O=P([O-])([O-])Cc1ccccc1.[Cd+2]. The smallest absolute Gasteiger partial charge is 0.810 e. The minimum atomic E-state index is -4.39. The monoisotopic (exact) mass is 284 g/mol. The Morgan fingerprint density at radius 3 is 2.08 bits per heavy atom. The maximum absolute atomic E-state index is 10.3. The minimum Gasteiger partial charge on any atom is -0.810 e. The van der Waals surface area contributed by atoms with E-state index in [1.165, 1.54) is 0 Å². The van der Waals surface area contributed by atoms with Crippen LogP contribution in [0.3, 0.4) is 0 Å². The molecule has 60 valence electrons. The van der Waals surface area contributed by atoms with Gasteiger partial charge in [-0.2, -0.15) is 0 Å². The van der Waals surface area contributed by atoms with E-state index in [0.29, 0.717) is 5.56 Å². The van der Waals surface area contributed by atoms with Crippen LogP contribution in [0.1, 0.15) is 5.56 Å². The molecule has 0 radical (unpaired) electrons. The molecule has 0 saturated heterocycles. The average molecular weight is 283 g/mol. The first kappa shape index (κ1) is 12.3. The van der Waals surface area contributed by atoms with Crippen LogP contribution in [0.4, 0.5) is 0 Å². The molecule has 1 rings (SSSR count). The molecule has 0 aromatic heterocycles. The van der Waals surface area contributed by atoms with E-state index in [1.54, 1.807) is 30.3 Å². The van der Waals surface area contributed by atoms with Crippen molar-refractivity contribution in [1.82, 2.24) is 0 Å². The number of hydrogen-bond donors (Lipinski definition) is 0. The molecule has 0 atom stereocenters. The molecule has 0 aliphatic carbocycles. The molecule has 0 saturated carbocycles. The molecule has 0 bridgehead atoms. The zero-order chi connectivity index (χ0) is 8.32. The fraction of sp³-hybridized carbons (Fsp3) is 0.143. The fourth-order valence-corrected chi connectivity index (χ4v) is 1.47. The summed E-state index contributed by atoms with van der Waals surface area (Å²) in [7, 11) is -4.39. The molecule has 5 heteroatoms. The van der Waals surface area contributed by atoms with Crippen LogP contribution in [-0.4, -0.2) is 0 Å². The van der Waals surface area contributed by atoms with Gasteiger partial charge in [0.25, 0.3) is 0 Å². The maximum Gasteiger partial charge on any atom is 2.00 e. The van der Waals surface area contributed by atoms with Gasteiger partial charge in [0.05, 0.1) is 0 Å². The molecule has 0 amide bonds. The molecular formula is C7H7CdO3P. The molecule has 0 N–H and O–H groups in total. The van der Waals surface area contributed by atoms with Crippen LogP contribution in [0.5, 0.6) is 0 Å². The molecule has 0 spiro atoms. The van der Waals surface area contributed by atoms with Gasteiger partial charge < -0.3 is 14.4 Å². The van der Waals surface area contributed by atoms with Gasteiger partial charge in [-0.3, -0.25) is 0 Å². The van der Waals surface area contributed by atoms with Crippen molar-refractivity contribution in [3.63, 3.8) is 0 Å². The van der Waals surface area contributed by atoms with Crippen LogP contribution in [0, 0.1) is 0 Å². The second kappa shape index (κ2) is 5.12. The van der Waals surface area contributed by atoms with Crippen LogP contribution in [0.25, 0.3) is 0 Å². The van der Waals surface area contributed by atoms with Crippen molar-refractivity contribution in [1.29, 1.82) is 0 Å². The third kappa shape index (κ3) is 5.03. The topological polar surface area (TPSA) is 63.2 Å². The molecule has 1 aromatic rings. The van der Waals surface area contributed by atoms with Crippen molar-refractivity contribution in [2.75, 3.05) is 0 Å². The van der Waals surface area contributed by atoms with E-state index in [2.05, 4.69) is 0 Å². The standard InChI is InChI=1S/C7H9O3P.Cd/c8-11(9,10)6-7-4-2-1-3-5-7;/h1-5H,6H2,(H2,8,9,10);/q;+2/p-2. The Morgan fingerprint density at radius 2 is 1.67 bits per heavy atom. The Hall–Kier alpha value is 0.292. The summed E-state index contributed by atoms with van der Waals surface area (Å²) < 4.78 is 10.3. The van der Waals surface area contributed by atoms with Gasteiger partial charge in [-0.05, 0) is 5.56 Å². The van der Waals surface area contributed by atoms with Gasteiger partial charge in [0, 0.05) is 6.16 Å². The van der Waals surface area contributed by atoms with Gasteiger partial charge in [-0.25, -0.2) is 0 Å². The van der Waals surface area contributed by atoms with Gasteiger partial charge in [-0.1, -0.05) is 37.9 Å². The molecular weight excluding hydrogens is 275 g/mol. The van der Waals surface area contributed by atoms with Crippen molar-refractivity contribution in [3.05, 3.63) is 35.9 Å². The molecule has 1 aromatic carbocycles. The van der Waals surface area contributed by atoms with Gasteiger partial charge in [0.2, 0.25) is 0 Å². The van der Waals surface area contributed by atoms with Crippen molar-refractivity contribution in [2.45, 2.75) is 6.16 Å². The third-order valence-corrected chi connectivity index (χ3v) is 1.97. The summed E-state index contributed by atoms with van der Waals surface area (Å²) in [6, 6.07) is 8.39. The summed E-state index contributed by atoms with van der Waals surface area (Å²) in [4.78, 5) is 20.5. The van der Waals surface area contributed by atoms with Gasteiger partial charge in [0.1, 0.15) is 0 Å². The summed E-state index contributed by atoms with van der Waals surface area (Å²) in [5.74, 6) is 0. The molecule has 3 nitrogen and oxygen atoms in total. The average Bonchev–Trinajstić information content (AvgIpc) is 1.85. The second-order valence-electron chi connectivity index (χ2n) is 2.25. The van der Waals surface area contributed by atoms with Crippen LogP contribution in [0.2, 0.25) is 0 Å². The fourth-order valence-electron chi connectivity index (χ4n) is 0.807. The Balaban J connectivity index is 0.00000121. The van der Waals surface area contributed by atoms with E-state index in [0.717, 1.165) is 0 Å². The van der Waals surface area contributed by atoms with Gasteiger partial charge >= 0.3 is 27.3 Å². The normalized spacial score (nSPS) is 10.5. The summed E-state index contributed by atoms with van der Waals surface area (Å²) in [6.07, 6.45) is -0.395. The molecule has 0 aliphatic rings. The van der Waals surface area contributed by atoms with Gasteiger partial charge in [0.15, 0.2) is 0 Å². The zero-order valence-corrected chi connectivity index (χ0v) is 11.4. The first-order chi connectivity index (χ1) is 5.08. The number of hydrogen-bond acceptors (Lipinski definition) is 3. The Labute approximate surface area is 91.1 Å². The van der Waals surface area contributed by atoms with Gasteiger partial charge in [-0.15, -0.1) is 0 Å². The van der Waals surface area contributed by atoms with E-state index in [4.69, 9.17) is 0 Å². The predicted octanol–water partition coefficient (Wildman–Crippen LogP) is 0.0978. The van der Waals surface area contributed by atoms with Crippen molar-refractivity contribution < 1.29 is 41.7 Å². The Kier molecular flexibility index (Phi) is 5.24. The molecule has 0 heterocycles. The quantitative estimate of drug-likeness (QED) is 0.571. The molecule has 0 unspecified atom stereocenters.